The van der Waals surface area contributed by atoms with E-state index >= 15 is 0 Å². The average molecular weight is 561 g/mol. The van der Waals surface area contributed by atoms with E-state index in [4.69, 9.17) is 9.47 Å². The highest BCUT2D eigenvalue weighted by Gasteiger charge is 2.16. The van der Waals surface area contributed by atoms with Crippen molar-refractivity contribution in [3.63, 3.8) is 0 Å². The molecule has 5 nitrogen and oxygen atoms in total. The summed E-state index contributed by atoms with van der Waals surface area (Å²) < 4.78 is 10.5. The van der Waals surface area contributed by atoms with Crippen molar-refractivity contribution in [1.82, 2.24) is 0 Å². The van der Waals surface area contributed by atoms with Crippen LogP contribution in [0.1, 0.15) is 142 Å². The number of hydrogen-bond donors (Lipinski definition) is 1. The maximum Gasteiger partial charge on any atom is 0.306 e. The molecule has 0 unspecified atom stereocenters. The van der Waals surface area contributed by atoms with Gasteiger partial charge in [-0.05, 0) is 64.2 Å². The van der Waals surface area contributed by atoms with Gasteiger partial charge in [-0.2, -0.15) is 0 Å². The number of esters is 2. The summed E-state index contributed by atoms with van der Waals surface area (Å²) in [4.78, 5) is 24.1. The minimum Gasteiger partial charge on any atom is -0.462 e. The molecule has 40 heavy (non-hydrogen) atoms. The van der Waals surface area contributed by atoms with Crippen LogP contribution < -0.4 is 0 Å². The van der Waals surface area contributed by atoms with Crippen LogP contribution in [0.5, 0.6) is 0 Å². The summed E-state index contributed by atoms with van der Waals surface area (Å²) in [6, 6.07) is 0. The molecule has 0 aliphatic heterocycles. The Morgan fingerprint density at radius 1 is 0.600 bits per heavy atom. The summed E-state index contributed by atoms with van der Waals surface area (Å²) in [6.07, 6.45) is 37.3. The highest BCUT2D eigenvalue weighted by Crippen LogP contribution is 2.11. The highest BCUT2D eigenvalue weighted by atomic mass is 16.6. The quantitative estimate of drug-likeness (QED) is 0.0586. The maximum absolute atomic E-state index is 12.1. The van der Waals surface area contributed by atoms with E-state index in [9.17, 15) is 14.7 Å². The van der Waals surface area contributed by atoms with Gasteiger partial charge in [-0.1, -0.05) is 114 Å². The summed E-state index contributed by atoms with van der Waals surface area (Å²) >= 11 is 0. The van der Waals surface area contributed by atoms with E-state index in [0.29, 0.717) is 12.8 Å². The number of rotatable bonds is 28. The third kappa shape index (κ3) is 28.9. The SMILES string of the molecule is CC/C=C\C/C=C\C/C=C\CCCCCCCC(=O)O[C@@H](CO)COC(=O)CCCCCCC/C=C\CCCC. The Bertz CT molecular complexity index is 692. The average Bonchev–Trinajstić information content (AvgIpc) is 2.96. The maximum atomic E-state index is 12.1. The van der Waals surface area contributed by atoms with Gasteiger partial charge >= 0.3 is 11.9 Å². The van der Waals surface area contributed by atoms with Crippen molar-refractivity contribution in [1.29, 1.82) is 0 Å². The molecule has 1 N–H and O–H groups in total. The van der Waals surface area contributed by atoms with Crippen molar-refractivity contribution in [2.24, 2.45) is 0 Å². The standard InChI is InChI=1S/C35H60O5/c1-3-5-7-9-11-13-15-16-17-18-20-22-24-26-28-30-35(38)40-33(31-36)32-39-34(37)29-27-25-23-21-19-14-12-10-8-6-4-2/h5,7,10-13,16-17,33,36H,3-4,6,8-9,14-15,18-32H2,1-2H3/b7-5-,12-10-,13-11-,17-16-/t33-/m0/s1. The number of carbonyl (C=O) groups is 2. The van der Waals surface area contributed by atoms with Gasteiger partial charge in [-0.3, -0.25) is 9.59 Å². The molecule has 1 atom stereocenters. The third-order valence-corrected chi connectivity index (χ3v) is 6.61. The Morgan fingerprint density at radius 3 is 1.65 bits per heavy atom. The van der Waals surface area contributed by atoms with Crippen LogP contribution in [-0.2, 0) is 19.1 Å². The molecule has 0 aromatic heterocycles. The van der Waals surface area contributed by atoms with Crippen LogP contribution in [0, 0.1) is 0 Å². The van der Waals surface area contributed by atoms with Crippen LogP contribution in [0.2, 0.25) is 0 Å². The summed E-state index contributed by atoms with van der Waals surface area (Å²) in [5.74, 6) is -0.629. The molecule has 230 valence electrons. The zero-order valence-corrected chi connectivity index (χ0v) is 25.8. The zero-order valence-electron chi connectivity index (χ0n) is 25.8. The van der Waals surface area contributed by atoms with Gasteiger partial charge in [0.05, 0.1) is 6.61 Å². The molecular formula is C35H60O5. The second-order valence-electron chi connectivity index (χ2n) is 10.5. The first-order valence-corrected chi connectivity index (χ1v) is 16.2. The van der Waals surface area contributed by atoms with Crippen LogP contribution in [0.4, 0.5) is 0 Å². The van der Waals surface area contributed by atoms with Crippen LogP contribution in [-0.4, -0.2) is 36.4 Å². The molecule has 0 rings (SSSR count). The normalized spacial score (nSPS) is 12.8. The highest BCUT2D eigenvalue weighted by molar-refractivity contribution is 5.70. The molecular weight excluding hydrogens is 500 g/mol. The Hall–Kier alpha value is -2.14. The minimum atomic E-state index is -0.781. The Balaban J connectivity index is 3.65. The van der Waals surface area contributed by atoms with E-state index < -0.39 is 6.10 Å². The number of allylic oxidation sites excluding steroid dienone is 8. The third-order valence-electron chi connectivity index (χ3n) is 6.61. The molecule has 0 heterocycles. The van der Waals surface area contributed by atoms with Gasteiger partial charge in [0.15, 0.2) is 6.10 Å². The van der Waals surface area contributed by atoms with Crippen molar-refractivity contribution in [3.8, 4) is 0 Å². The molecule has 0 saturated heterocycles. The number of hydrogen-bond acceptors (Lipinski definition) is 5. The first-order valence-electron chi connectivity index (χ1n) is 16.2. The monoisotopic (exact) mass is 560 g/mol. The fraction of sp³-hybridized carbons (Fsp3) is 0.714. The van der Waals surface area contributed by atoms with E-state index in [1.54, 1.807) is 0 Å². The Labute approximate surface area is 246 Å². The van der Waals surface area contributed by atoms with Crippen LogP contribution in [0.15, 0.2) is 48.6 Å². The molecule has 0 aromatic carbocycles. The zero-order chi connectivity index (χ0) is 29.4. The molecule has 0 radical (unpaired) electrons. The summed E-state index contributed by atoms with van der Waals surface area (Å²) in [6.45, 7) is 3.94. The second kappa shape index (κ2) is 31.4. The Morgan fingerprint density at radius 2 is 1.07 bits per heavy atom. The number of aliphatic hydroxyl groups is 1. The number of carbonyl (C=O) groups excluding carboxylic acids is 2. The first-order chi connectivity index (χ1) is 19.6. The number of aliphatic hydroxyl groups excluding tert-OH is 1. The van der Waals surface area contributed by atoms with Gasteiger partial charge < -0.3 is 14.6 Å². The number of ether oxygens (including phenoxy) is 2. The lowest BCUT2D eigenvalue weighted by atomic mass is 10.1. The lowest BCUT2D eigenvalue weighted by Crippen LogP contribution is -2.28. The topological polar surface area (TPSA) is 72.8 Å². The molecule has 0 aromatic rings. The largest absolute Gasteiger partial charge is 0.462 e. The van der Waals surface area contributed by atoms with Gasteiger partial charge in [0.25, 0.3) is 0 Å². The van der Waals surface area contributed by atoms with Gasteiger partial charge in [-0.15, -0.1) is 0 Å². The van der Waals surface area contributed by atoms with Gasteiger partial charge in [0, 0.05) is 12.8 Å². The fourth-order valence-corrected chi connectivity index (χ4v) is 4.13. The molecule has 0 bridgehead atoms. The van der Waals surface area contributed by atoms with Gasteiger partial charge in [0.1, 0.15) is 6.61 Å². The Kier molecular flexibility index (Phi) is 29.7. The van der Waals surface area contributed by atoms with Crippen LogP contribution in [0.3, 0.4) is 0 Å². The van der Waals surface area contributed by atoms with Gasteiger partial charge in [-0.25, -0.2) is 0 Å². The van der Waals surface area contributed by atoms with Gasteiger partial charge in [0.2, 0.25) is 0 Å². The van der Waals surface area contributed by atoms with Crippen molar-refractivity contribution < 1.29 is 24.2 Å². The van der Waals surface area contributed by atoms with Crippen molar-refractivity contribution in [3.05, 3.63) is 48.6 Å². The predicted octanol–water partition coefficient (Wildman–Crippen LogP) is 9.50. The first kappa shape index (κ1) is 37.9. The van der Waals surface area contributed by atoms with Crippen molar-refractivity contribution in [2.45, 2.75) is 148 Å². The molecule has 0 aliphatic rings. The van der Waals surface area contributed by atoms with Crippen LogP contribution >= 0.6 is 0 Å². The van der Waals surface area contributed by atoms with Crippen molar-refractivity contribution >= 4 is 11.9 Å². The summed E-state index contributed by atoms with van der Waals surface area (Å²) in [5, 5.41) is 9.48. The van der Waals surface area contributed by atoms with Crippen molar-refractivity contribution in [2.75, 3.05) is 13.2 Å². The molecule has 5 heteroatoms. The number of unbranched alkanes of at least 4 members (excludes halogenated alkanes) is 12. The van der Waals surface area contributed by atoms with E-state index in [1.807, 2.05) is 0 Å². The summed E-state index contributed by atoms with van der Waals surface area (Å²) in [5.41, 5.74) is 0. The van der Waals surface area contributed by atoms with E-state index in [2.05, 4.69) is 62.5 Å². The molecule has 0 amide bonds. The second-order valence-corrected chi connectivity index (χ2v) is 10.5. The minimum absolute atomic E-state index is 0.0787. The fourth-order valence-electron chi connectivity index (χ4n) is 4.13. The van der Waals surface area contributed by atoms with E-state index in [1.165, 1.54) is 38.5 Å². The predicted molar refractivity (Wildman–Crippen MR) is 168 cm³/mol. The lowest BCUT2D eigenvalue weighted by molar-refractivity contribution is -0.161. The van der Waals surface area contributed by atoms with E-state index in [-0.39, 0.29) is 25.2 Å². The summed E-state index contributed by atoms with van der Waals surface area (Å²) in [7, 11) is 0. The van der Waals surface area contributed by atoms with Crippen LogP contribution in [0.25, 0.3) is 0 Å². The smallest absolute Gasteiger partial charge is 0.306 e. The lowest BCUT2D eigenvalue weighted by Gasteiger charge is -2.15. The molecule has 0 aliphatic carbocycles. The molecule has 0 saturated carbocycles. The molecule has 0 fully saturated rings. The van der Waals surface area contributed by atoms with E-state index in [0.717, 1.165) is 77.0 Å². The molecule has 0 spiro atoms.